The Morgan fingerprint density at radius 2 is 1.76 bits per heavy atom. The minimum absolute atomic E-state index is 0.234. The molecule has 0 aromatic heterocycles. The van der Waals surface area contributed by atoms with Gasteiger partial charge in [-0.1, -0.05) is 31.5 Å². The molecule has 96 valence electrons. The third-order valence-corrected chi connectivity index (χ3v) is 3.39. The van der Waals surface area contributed by atoms with Crippen LogP contribution in [0.1, 0.15) is 32.8 Å². The van der Waals surface area contributed by atoms with Crippen molar-refractivity contribution in [3.05, 3.63) is 29.8 Å². The maximum atomic E-state index is 5.77. The molecule has 2 heteroatoms. The Kier molecular flexibility index (Phi) is 5.01. The SMILES string of the molecule is CCN(CCC(C)(C)CN)c1ccc(C)cc1. The molecule has 0 aliphatic rings. The molecule has 0 atom stereocenters. The summed E-state index contributed by atoms with van der Waals surface area (Å²) in [4.78, 5) is 2.41. The molecule has 0 aliphatic carbocycles. The van der Waals surface area contributed by atoms with Crippen molar-refractivity contribution in [3.63, 3.8) is 0 Å². The number of anilines is 1. The van der Waals surface area contributed by atoms with Gasteiger partial charge in [0.15, 0.2) is 0 Å². The largest absolute Gasteiger partial charge is 0.372 e. The van der Waals surface area contributed by atoms with E-state index in [0.717, 1.165) is 26.1 Å². The molecule has 0 unspecified atom stereocenters. The molecule has 1 rings (SSSR count). The van der Waals surface area contributed by atoms with Crippen molar-refractivity contribution in [2.75, 3.05) is 24.5 Å². The third kappa shape index (κ3) is 4.39. The number of nitrogens with two attached hydrogens (primary N) is 1. The molecule has 0 heterocycles. The van der Waals surface area contributed by atoms with E-state index in [4.69, 9.17) is 5.73 Å². The van der Waals surface area contributed by atoms with Crippen molar-refractivity contribution < 1.29 is 0 Å². The second-order valence-electron chi connectivity index (χ2n) is 5.53. The van der Waals surface area contributed by atoms with Gasteiger partial charge < -0.3 is 10.6 Å². The summed E-state index contributed by atoms with van der Waals surface area (Å²) >= 11 is 0. The summed E-state index contributed by atoms with van der Waals surface area (Å²) in [6, 6.07) is 8.75. The Hall–Kier alpha value is -1.02. The van der Waals surface area contributed by atoms with Crippen molar-refractivity contribution in [1.82, 2.24) is 0 Å². The molecule has 0 saturated heterocycles. The smallest absolute Gasteiger partial charge is 0.0366 e. The lowest BCUT2D eigenvalue weighted by atomic mass is 9.89. The van der Waals surface area contributed by atoms with E-state index in [9.17, 15) is 0 Å². The first kappa shape index (κ1) is 14.0. The van der Waals surface area contributed by atoms with E-state index < -0.39 is 0 Å². The summed E-state index contributed by atoms with van der Waals surface area (Å²) in [5.41, 5.74) is 8.63. The summed E-state index contributed by atoms with van der Waals surface area (Å²) in [5.74, 6) is 0. The lowest BCUT2D eigenvalue weighted by Gasteiger charge is -2.29. The van der Waals surface area contributed by atoms with Crippen LogP contribution in [-0.4, -0.2) is 19.6 Å². The maximum absolute atomic E-state index is 5.77. The lowest BCUT2D eigenvalue weighted by Crippen LogP contribution is -2.31. The van der Waals surface area contributed by atoms with Crippen molar-refractivity contribution in [1.29, 1.82) is 0 Å². The first-order chi connectivity index (χ1) is 7.98. The minimum atomic E-state index is 0.234. The van der Waals surface area contributed by atoms with Gasteiger partial charge in [0, 0.05) is 18.8 Å². The summed E-state index contributed by atoms with van der Waals surface area (Å²) in [6.45, 7) is 11.7. The number of hydrogen-bond acceptors (Lipinski definition) is 2. The Morgan fingerprint density at radius 1 is 1.18 bits per heavy atom. The van der Waals surface area contributed by atoms with Crippen molar-refractivity contribution in [3.8, 4) is 0 Å². The van der Waals surface area contributed by atoms with Crippen LogP contribution in [0.3, 0.4) is 0 Å². The van der Waals surface area contributed by atoms with Gasteiger partial charge in [0.2, 0.25) is 0 Å². The van der Waals surface area contributed by atoms with Crippen LogP contribution in [0.15, 0.2) is 24.3 Å². The quantitative estimate of drug-likeness (QED) is 0.819. The highest BCUT2D eigenvalue weighted by Gasteiger charge is 2.16. The number of rotatable bonds is 6. The fourth-order valence-corrected chi connectivity index (χ4v) is 1.77. The van der Waals surface area contributed by atoms with Crippen LogP contribution >= 0.6 is 0 Å². The van der Waals surface area contributed by atoms with Gasteiger partial charge in [0.1, 0.15) is 0 Å². The number of benzene rings is 1. The van der Waals surface area contributed by atoms with Crippen LogP contribution < -0.4 is 10.6 Å². The Balaban J connectivity index is 2.63. The molecule has 0 amide bonds. The topological polar surface area (TPSA) is 29.3 Å². The molecule has 2 N–H and O–H groups in total. The predicted molar refractivity (Wildman–Crippen MR) is 76.5 cm³/mol. The van der Waals surface area contributed by atoms with Gasteiger partial charge in [-0.3, -0.25) is 0 Å². The van der Waals surface area contributed by atoms with Crippen LogP contribution in [0.25, 0.3) is 0 Å². The van der Waals surface area contributed by atoms with Crippen molar-refractivity contribution in [2.45, 2.75) is 34.1 Å². The zero-order valence-electron chi connectivity index (χ0n) is 11.7. The molecular formula is C15H26N2. The maximum Gasteiger partial charge on any atom is 0.0366 e. The van der Waals surface area contributed by atoms with E-state index in [0.29, 0.717) is 0 Å². The fourth-order valence-electron chi connectivity index (χ4n) is 1.77. The first-order valence-corrected chi connectivity index (χ1v) is 6.50. The fraction of sp³-hybridized carbons (Fsp3) is 0.600. The molecule has 1 aromatic carbocycles. The second-order valence-corrected chi connectivity index (χ2v) is 5.53. The summed E-state index contributed by atoms with van der Waals surface area (Å²) < 4.78 is 0. The van der Waals surface area contributed by atoms with Crippen LogP contribution in [0.5, 0.6) is 0 Å². The van der Waals surface area contributed by atoms with Crippen LogP contribution in [0.4, 0.5) is 5.69 Å². The molecule has 0 fully saturated rings. The van der Waals surface area contributed by atoms with Crippen LogP contribution in [0, 0.1) is 12.3 Å². The van der Waals surface area contributed by atoms with Gasteiger partial charge in [-0.05, 0) is 44.4 Å². The normalized spacial score (nSPS) is 11.6. The zero-order valence-corrected chi connectivity index (χ0v) is 11.7. The van der Waals surface area contributed by atoms with E-state index in [1.165, 1.54) is 11.3 Å². The Bertz CT molecular complexity index is 327. The highest BCUT2D eigenvalue weighted by atomic mass is 15.1. The third-order valence-electron chi connectivity index (χ3n) is 3.39. The lowest BCUT2D eigenvalue weighted by molar-refractivity contribution is 0.349. The molecule has 0 radical (unpaired) electrons. The van der Waals surface area contributed by atoms with Gasteiger partial charge in [-0.2, -0.15) is 0 Å². The number of aryl methyl sites for hydroxylation is 1. The molecule has 1 aromatic rings. The van der Waals surface area contributed by atoms with E-state index in [1.807, 2.05) is 0 Å². The van der Waals surface area contributed by atoms with E-state index in [2.05, 4.69) is 56.9 Å². The van der Waals surface area contributed by atoms with E-state index in [1.54, 1.807) is 0 Å². The van der Waals surface area contributed by atoms with E-state index in [-0.39, 0.29) is 5.41 Å². The van der Waals surface area contributed by atoms with E-state index >= 15 is 0 Å². The molecule has 0 saturated carbocycles. The molecular weight excluding hydrogens is 208 g/mol. The van der Waals surface area contributed by atoms with Crippen molar-refractivity contribution in [2.24, 2.45) is 11.1 Å². The predicted octanol–water partition coefficient (Wildman–Crippen LogP) is 3.20. The second kappa shape index (κ2) is 6.06. The molecule has 2 nitrogen and oxygen atoms in total. The standard InChI is InChI=1S/C15H26N2/c1-5-17(11-10-15(3,4)12-16)14-8-6-13(2)7-9-14/h6-9H,5,10-12,16H2,1-4H3. The molecule has 0 aliphatic heterocycles. The Labute approximate surface area is 106 Å². The highest BCUT2D eigenvalue weighted by molar-refractivity contribution is 5.47. The van der Waals surface area contributed by atoms with Gasteiger partial charge in [0.05, 0.1) is 0 Å². The van der Waals surface area contributed by atoms with Crippen LogP contribution in [0.2, 0.25) is 0 Å². The van der Waals surface area contributed by atoms with Gasteiger partial charge >= 0.3 is 0 Å². The minimum Gasteiger partial charge on any atom is -0.372 e. The molecule has 0 bridgehead atoms. The van der Waals surface area contributed by atoms with Gasteiger partial charge in [-0.15, -0.1) is 0 Å². The molecule has 0 spiro atoms. The molecule has 17 heavy (non-hydrogen) atoms. The van der Waals surface area contributed by atoms with Gasteiger partial charge in [0.25, 0.3) is 0 Å². The van der Waals surface area contributed by atoms with Gasteiger partial charge in [-0.25, -0.2) is 0 Å². The first-order valence-electron chi connectivity index (χ1n) is 6.50. The van der Waals surface area contributed by atoms with Crippen LogP contribution in [-0.2, 0) is 0 Å². The average Bonchev–Trinajstić information content (AvgIpc) is 2.32. The average molecular weight is 234 g/mol. The zero-order chi connectivity index (χ0) is 12.9. The number of hydrogen-bond donors (Lipinski definition) is 1. The summed E-state index contributed by atoms with van der Waals surface area (Å²) in [6.07, 6.45) is 1.13. The Morgan fingerprint density at radius 3 is 2.24 bits per heavy atom. The highest BCUT2D eigenvalue weighted by Crippen LogP contribution is 2.21. The van der Waals surface area contributed by atoms with Crippen molar-refractivity contribution >= 4 is 5.69 Å². The number of nitrogens with zero attached hydrogens (tertiary/aromatic N) is 1. The summed E-state index contributed by atoms with van der Waals surface area (Å²) in [7, 11) is 0. The summed E-state index contributed by atoms with van der Waals surface area (Å²) in [5, 5.41) is 0. The monoisotopic (exact) mass is 234 g/mol.